The lowest BCUT2D eigenvalue weighted by molar-refractivity contribution is 0.872. The molecule has 1 rings (SSSR count). The normalized spacial score (nSPS) is 10.1. The van der Waals surface area contributed by atoms with Gasteiger partial charge in [0.1, 0.15) is 0 Å². The van der Waals surface area contributed by atoms with Crippen molar-refractivity contribution in [3.8, 4) is 0 Å². The molecule has 0 atom stereocenters. The zero-order valence-corrected chi connectivity index (χ0v) is 8.44. The van der Waals surface area contributed by atoms with E-state index in [4.69, 9.17) is 28.9 Å². The summed E-state index contributed by atoms with van der Waals surface area (Å²) in [7, 11) is 0. The lowest BCUT2D eigenvalue weighted by Gasteiger charge is -2.05. The first-order valence-electron chi connectivity index (χ1n) is 3.86. The molecule has 0 saturated carbocycles. The molecule has 0 aliphatic carbocycles. The molecule has 1 aromatic rings. The minimum atomic E-state index is 0.319. The Labute approximate surface area is 86.4 Å². The molecule has 0 aliphatic heterocycles. The number of hydrogen-bond acceptors (Lipinski definition) is 4. The summed E-state index contributed by atoms with van der Waals surface area (Å²) >= 11 is 11.4. The Kier molecular flexibility index (Phi) is 4.21. The molecule has 0 radical (unpaired) electrons. The number of anilines is 1. The van der Waals surface area contributed by atoms with Gasteiger partial charge < -0.3 is 11.1 Å². The number of nitrogens with zero attached hydrogens (tertiary/aromatic N) is 2. The number of nitrogens with two attached hydrogens (primary N) is 1. The number of halogens is 2. The summed E-state index contributed by atoms with van der Waals surface area (Å²) in [5.74, 6) is 0. The van der Waals surface area contributed by atoms with Crippen molar-refractivity contribution in [2.75, 3.05) is 18.4 Å². The van der Waals surface area contributed by atoms with Crippen LogP contribution in [0.15, 0.2) is 6.07 Å². The van der Waals surface area contributed by atoms with Crippen LogP contribution in [0.2, 0.25) is 10.3 Å². The number of hydrogen-bond donors (Lipinski definition) is 2. The summed E-state index contributed by atoms with van der Waals surface area (Å²) in [5.41, 5.74) is 6.02. The SMILES string of the molecule is NCCCNc1cc(Cl)nnc1Cl. The van der Waals surface area contributed by atoms with E-state index < -0.39 is 0 Å². The van der Waals surface area contributed by atoms with Crippen molar-refractivity contribution in [3.05, 3.63) is 16.4 Å². The molecule has 0 fully saturated rings. The molecule has 0 unspecified atom stereocenters. The fourth-order valence-corrected chi connectivity index (χ4v) is 1.11. The van der Waals surface area contributed by atoms with Gasteiger partial charge in [-0.1, -0.05) is 23.2 Å². The highest BCUT2D eigenvalue weighted by molar-refractivity contribution is 6.33. The third-order valence-corrected chi connectivity index (χ3v) is 1.88. The second-order valence-electron chi connectivity index (χ2n) is 2.44. The minimum Gasteiger partial charge on any atom is -0.382 e. The predicted octanol–water partition coefficient (Wildman–Crippen LogP) is 1.54. The fraction of sp³-hybridized carbons (Fsp3) is 0.429. The summed E-state index contributed by atoms with van der Waals surface area (Å²) < 4.78 is 0. The lowest BCUT2D eigenvalue weighted by Crippen LogP contribution is -2.09. The standard InChI is InChI=1S/C7H10Cl2N4/c8-6-4-5(7(9)13-12-6)11-3-1-2-10/h4H,1-3,10H2,(H,11,12). The molecule has 6 heteroatoms. The molecular weight excluding hydrogens is 211 g/mol. The molecule has 3 N–H and O–H groups in total. The number of rotatable bonds is 4. The van der Waals surface area contributed by atoms with Gasteiger partial charge in [-0.25, -0.2) is 0 Å². The van der Waals surface area contributed by atoms with Gasteiger partial charge >= 0.3 is 0 Å². The molecule has 13 heavy (non-hydrogen) atoms. The second kappa shape index (κ2) is 5.21. The molecule has 1 heterocycles. The minimum absolute atomic E-state index is 0.319. The van der Waals surface area contributed by atoms with Crippen LogP contribution in [0.1, 0.15) is 6.42 Å². The van der Waals surface area contributed by atoms with Gasteiger partial charge in [-0.15, -0.1) is 10.2 Å². The van der Waals surface area contributed by atoms with Crippen molar-refractivity contribution in [3.63, 3.8) is 0 Å². The average Bonchev–Trinajstić information content (AvgIpc) is 2.11. The van der Waals surface area contributed by atoms with Crippen LogP contribution in [0.25, 0.3) is 0 Å². The largest absolute Gasteiger partial charge is 0.382 e. The maximum Gasteiger partial charge on any atom is 0.174 e. The molecule has 0 aliphatic rings. The van der Waals surface area contributed by atoms with E-state index in [1.165, 1.54) is 0 Å². The summed E-state index contributed by atoms with van der Waals surface area (Å²) in [5, 5.41) is 10.9. The third-order valence-electron chi connectivity index (χ3n) is 1.42. The van der Waals surface area contributed by atoms with Gasteiger partial charge in [0, 0.05) is 12.6 Å². The monoisotopic (exact) mass is 220 g/mol. The summed E-state index contributed by atoms with van der Waals surface area (Å²) in [6, 6.07) is 1.63. The Balaban J connectivity index is 2.59. The van der Waals surface area contributed by atoms with Crippen LogP contribution in [0.4, 0.5) is 5.69 Å². The van der Waals surface area contributed by atoms with E-state index in [9.17, 15) is 0 Å². The van der Waals surface area contributed by atoms with Gasteiger partial charge in [0.2, 0.25) is 0 Å². The Morgan fingerprint density at radius 1 is 1.38 bits per heavy atom. The quantitative estimate of drug-likeness (QED) is 0.757. The summed E-state index contributed by atoms with van der Waals surface area (Å²) in [6.45, 7) is 1.38. The van der Waals surface area contributed by atoms with Gasteiger partial charge in [-0.05, 0) is 13.0 Å². The van der Waals surface area contributed by atoms with Gasteiger partial charge in [-0.2, -0.15) is 0 Å². The van der Waals surface area contributed by atoms with Crippen molar-refractivity contribution in [2.45, 2.75) is 6.42 Å². The van der Waals surface area contributed by atoms with Gasteiger partial charge in [0.15, 0.2) is 10.3 Å². The van der Waals surface area contributed by atoms with Gasteiger partial charge in [0.25, 0.3) is 0 Å². The predicted molar refractivity (Wildman–Crippen MR) is 54.2 cm³/mol. The summed E-state index contributed by atoms with van der Waals surface area (Å²) in [4.78, 5) is 0. The fourth-order valence-electron chi connectivity index (χ4n) is 0.802. The molecule has 0 saturated heterocycles. The first-order chi connectivity index (χ1) is 6.24. The van der Waals surface area contributed by atoms with Crippen molar-refractivity contribution in [1.82, 2.24) is 10.2 Å². The molecular formula is C7H10Cl2N4. The smallest absolute Gasteiger partial charge is 0.174 e. The van der Waals surface area contributed by atoms with Crippen molar-refractivity contribution < 1.29 is 0 Å². The van der Waals surface area contributed by atoms with E-state index in [0.717, 1.165) is 13.0 Å². The van der Waals surface area contributed by atoms with E-state index in [2.05, 4.69) is 15.5 Å². The van der Waals surface area contributed by atoms with Crippen LogP contribution in [0.5, 0.6) is 0 Å². The lowest BCUT2D eigenvalue weighted by atomic mass is 10.4. The van der Waals surface area contributed by atoms with E-state index in [1.807, 2.05) is 0 Å². The third kappa shape index (κ3) is 3.34. The zero-order chi connectivity index (χ0) is 9.68. The van der Waals surface area contributed by atoms with Crippen LogP contribution in [0.3, 0.4) is 0 Å². The highest BCUT2D eigenvalue weighted by Crippen LogP contribution is 2.20. The topological polar surface area (TPSA) is 63.8 Å². The average molecular weight is 221 g/mol. The van der Waals surface area contributed by atoms with E-state index >= 15 is 0 Å². The second-order valence-corrected chi connectivity index (χ2v) is 3.19. The first-order valence-corrected chi connectivity index (χ1v) is 4.62. The van der Waals surface area contributed by atoms with Gasteiger partial charge in [-0.3, -0.25) is 0 Å². The van der Waals surface area contributed by atoms with Crippen LogP contribution >= 0.6 is 23.2 Å². The Morgan fingerprint density at radius 2 is 2.15 bits per heavy atom. The highest BCUT2D eigenvalue weighted by atomic mass is 35.5. The first kappa shape index (κ1) is 10.5. The Hall–Kier alpha value is -0.580. The van der Waals surface area contributed by atoms with Crippen molar-refractivity contribution in [1.29, 1.82) is 0 Å². The Bertz CT molecular complexity index is 279. The van der Waals surface area contributed by atoms with Crippen LogP contribution < -0.4 is 11.1 Å². The molecule has 0 aromatic carbocycles. The molecule has 4 nitrogen and oxygen atoms in total. The highest BCUT2D eigenvalue weighted by Gasteiger charge is 2.02. The maximum atomic E-state index is 5.75. The Morgan fingerprint density at radius 3 is 2.85 bits per heavy atom. The van der Waals surface area contributed by atoms with Crippen LogP contribution in [0, 0.1) is 0 Å². The van der Waals surface area contributed by atoms with Gasteiger partial charge in [0.05, 0.1) is 5.69 Å². The summed E-state index contributed by atoms with van der Waals surface area (Å²) in [6.07, 6.45) is 0.871. The van der Waals surface area contributed by atoms with E-state index in [1.54, 1.807) is 6.07 Å². The van der Waals surface area contributed by atoms with E-state index in [0.29, 0.717) is 22.5 Å². The molecule has 72 valence electrons. The number of nitrogens with one attached hydrogen (secondary N) is 1. The molecule has 1 aromatic heterocycles. The van der Waals surface area contributed by atoms with E-state index in [-0.39, 0.29) is 0 Å². The van der Waals surface area contributed by atoms with Crippen molar-refractivity contribution >= 4 is 28.9 Å². The zero-order valence-electron chi connectivity index (χ0n) is 6.93. The molecule has 0 bridgehead atoms. The maximum absolute atomic E-state index is 5.75. The molecule has 0 spiro atoms. The molecule has 0 amide bonds. The van der Waals surface area contributed by atoms with Crippen molar-refractivity contribution in [2.24, 2.45) is 5.73 Å². The van der Waals surface area contributed by atoms with Crippen LogP contribution in [-0.4, -0.2) is 23.3 Å². The number of aromatic nitrogens is 2. The van der Waals surface area contributed by atoms with Crippen LogP contribution in [-0.2, 0) is 0 Å².